The molecule has 0 bridgehead atoms. The van der Waals surface area contributed by atoms with Gasteiger partial charge in [-0.2, -0.15) is 11.8 Å². The summed E-state index contributed by atoms with van der Waals surface area (Å²) in [4.78, 5) is 13.7. The van der Waals surface area contributed by atoms with E-state index in [1.807, 2.05) is 6.26 Å². The maximum Gasteiger partial charge on any atom is 0.239 e. The van der Waals surface area contributed by atoms with E-state index in [9.17, 15) is 13.2 Å². The lowest BCUT2D eigenvalue weighted by Gasteiger charge is -2.30. The molecule has 8 heteroatoms. The molecule has 0 spiro atoms. The third-order valence-corrected chi connectivity index (χ3v) is 5.62. The summed E-state index contributed by atoms with van der Waals surface area (Å²) in [5.74, 6) is 0.606. The largest absolute Gasteiger partial charge is 0.395 e. The molecule has 0 saturated carbocycles. The zero-order valence-electron chi connectivity index (χ0n) is 11.1. The Balaban J connectivity index is 2.69. The monoisotopic (exact) mass is 310 g/mol. The zero-order valence-corrected chi connectivity index (χ0v) is 12.8. The Morgan fingerprint density at radius 3 is 2.74 bits per heavy atom. The number of hydrogen-bond donors (Lipinski definition) is 2. The standard InChI is InChI=1S/C11H22N2O4S2/c1-18-6-2-10(12)11(15)13(4-5-14)9-3-7-19(16,17)8-9/h9-10,14H,2-8,12H2,1H3/t9?,10-/m0/s1. The van der Waals surface area contributed by atoms with Gasteiger partial charge in [0.15, 0.2) is 9.84 Å². The number of rotatable bonds is 7. The predicted molar refractivity (Wildman–Crippen MR) is 76.8 cm³/mol. The molecule has 0 aromatic heterocycles. The van der Waals surface area contributed by atoms with Crippen LogP contribution in [0, 0.1) is 0 Å². The van der Waals surface area contributed by atoms with Gasteiger partial charge in [0.25, 0.3) is 0 Å². The van der Waals surface area contributed by atoms with Crippen LogP contribution in [-0.4, -0.2) is 73.1 Å². The van der Waals surface area contributed by atoms with E-state index in [4.69, 9.17) is 10.8 Å². The second kappa shape index (κ2) is 7.47. The van der Waals surface area contributed by atoms with Crippen molar-refractivity contribution in [1.82, 2.24) is 4.90 Å². The van der Waals surface area contributed by atoms with Gasteiger partial charge in [0, 0.05) is 12.6 Å². The average Bonchev–Trinajstić information content (AvgIpc) is 2.72. The number of nitrogens with two attached hydrogens (primary N) is 1. The van der Waals surface area contributed by atoms with Crippen LogP contribution in [0.5, 0.6) is 0 Å². The third kappa shape index (κ3) is 4.94. The summed E-state index contributed by atoms with van der Waals surface area (Å²) in [6.07, 6.45) is 2.93. The first-order valence-corrected chi connectivity index (χ1v) is 9.49. The molecule has 0 aliphatic carbocycles. The summed E-state index contributed by atoms with van der Waals surface area (Å²) in [7, 11) is -3.06. The Kier molecular flexibility index (Phi) is 6.58. The van der Waals surface area contributed by atoms with Crippen molar-refractivity contribution >= 4 is 27.5 Å². The van der Waals surface area contributed by atoms with Gasteiger partial charge in [0.1, 0.15) is 0 Å². The molecule has 19 heavy (non-hydrogen) atoms. The lowest BCUT2D eigenvalue weighted by Crippen LogP contribution is -2.50. The number of aliphatic hydroxyl groups excluding tert-OH is 1. The van der Waals surface area contributed by atoms with Gasteiger partial charge in [0.05, 0.1) is 24.2 Å². The Morgan fingerprint density at radius 1 is 1.58 bits per heavy atom. The Morgan fingerprint density at radius 2 is 2.26 bits per heavy atom. The van der Waals surface area contributed by atoms with Gasteiger partial charge in [-0.15, -0.1) is 0 Å². The van der Waals surface area contributed by atoms with Crippen molar-refractivity contribution in [2.45, 2.75) is 24.9 Å². The quantitative estimate of drug-likeness (QED) is 0.630. The number of hydrogen-bond acceptors (Lipinski definition) is 6. The molecular weight excluding hydrogens is 288 g/mol. The van der Waals surface area contributed by atoms with Crippen molar-refractivity contribution in [3.8, 4) is 0 Å². The summed E-state index contributed by atoms with van der Waals surface area (Å²) < 4.78 is 23.0. The van der Waals surface area contributed by atoms with E-state index in [1.54, 1.807) is 11.8 Å². The molecule has 1 fully saturated rings. The first-order valence-electron chi connectivity index (χ1n) is 6.27. The molecule has 6 nitrogen and oxygen atoms in total. The zero-order chi connectivity index (χ0) is 14.5. The molecular formula is C11H22N2O4S2. The van der Waals surface area contributed by atoms with E-state index in [0.717, 1.165) is 5.75 Å². The fraction of sp³-hybridized carbons (Fsp3) is 0.909. The molecule has 0 aromatic carbocycles. The molecule has 3 N–H and O–H groups in total. The third-order valence-electron chi connectivity index (χ3n) is 3.22. The Hall–Kier alpha value is -0.310. The normalized spacial score (nSPS) is 23.2. The van der Waals surface area contributed by atoms with Crippen LogP contribution in [0.3, 0.4) is 0 Å². The van der Waals surface area contributed by atoms with Crippen LogP contribution in [0.25, 0.3) is 0 Å². The highest BCUT2D eigenvalue weighted by molar-refractivity contribution is 7.98. The van der Waals surface area contributed by atoms with Crippen LogP contribution in [0.1, 0.15) is 12.8 Å². The molecule has 0 aromatic rings. The molecule has 2 atom stereocenters. The second-order valence-corrected chi connectivity index (χ2v) is 7.91. The number of thioether (sulfide) groups is 1. The van der Waals surface area contributed by atoms with Crippen LogP contribution in [-0.2, 0) is 14.6 Å². The van der Waals surface area contributed by atoms with Gasteiger partial charge in [0.2, 0.25) is 5.91 Å². The van der Waals surface area contributed by atoms with Crippen molar-refractivity contribution in [2.75, 3.05) is 36.7 Å². The number of nitrogens with zero attached hydrogens (tertiary/aromatic N) is 1. The molecule has 1 rings (SSSR count). The van der Waals surface area contributed by atoms with Gasteiger partial charge >= 0.3 is 0 Å². The minimum Gasteiger partial charge on any atom is -0.395 e. The molecule has 1 amide bonds. The van der Waals surface area contributed by atoms with Crippen molar-refractivity contribution < 1.29 is 18.3 Å². The lowest BCUT2D eigenvalue weighted by atomic mass is 10.1. The van der Waals surface area contributed by atoms with Crippen LogP contribution in [0.4, 0.5) is 0 Å². The number of amides is 1. The molecule has 1 heterocycles. The SMILES string of the molecule is CSCC[C@H](N)C(=O)N(CCO)C1CCS(=O)(=O)C1. The second-order valence-electron chi connectivity index (χ2n) is 4.70. The highest BCUT2D eigenvalue weighted by Crippen LogP contribution is 2.18. The summed E-state index contributed by atoms with van der Waals surface area (Å²) in [6, 6.07) is -0.965. The van der Waals surface area contributed by atoms with E-state index in [-0.39, 0.29) is 36.6 Å². The molecule has 1 aliphatic heterocycles. The van der Waals surface area contributed by atoms with Crippen molar-refractivity contribution in [2.24, 2.45) is 5.73 Å². The average molecular weight is 310 g/mol. The number of carbonyl (C=O) groups excluding carboxylic acids is 1. The number of sulfone groups is 1. The number of aliphatic hydroxyl groups is 1. The Labute approximate surface area is 118 Å². The molecule has 0 radical (unpaired) electrons. The molecule has 1 unspecified atom stereocenters. The van der Waals surface area contributed by atoms with E-state index in [2.05, 4.69) is 0 Å². The van der Waals surface area contributed by atoms with Crippen LogP contribution < -0.4 is 5.73 Å². The minimum atomic E-state index is -3.06. The van der Waals surface area contributed by atoms with Crippen molar-refractivity contribution in [1.29, 1.82) is 0 Å². The van der Waals surface area contributed by atoms with Gasteiger partial charge in [-0.1, -0.05) is 0 Å². The fourth-order valence-electron chi connectivity index (χ4n) is 2.18. The first kappa shape index (κ1) is 16.7. The summed E-state index contributed by atoms with van der Waals surface area (Å²) in [5.41, 5.74) is 5.83. The number of carbonyl (C=O) groups is 1. The highest BCUT2D eigenvalue weighted by atomic mass is 32.2. The van der Waals surface area contributed by atoms with Crippen molar-refractivity contribution in [3.63, 3.8) is 0 Å². The maximum absolute atomic E-state index is 12.2. The topological polar surface area (TPSA) is 101 Å². The van der Waals surface area contributed by atoms with Gasteiger partial charge in [-0.25, -0.2) is 8.42 Å². The molecule has 1 saturated heterocycles. The lowest BCUT2D eigenvalue weighted by molar-refractivity contribution is -0.135. The van der Waals surface area contributed by atoms with Crippen LogP contribution in [0.2, 0.25) is 0 Å². The highest BCUT2D eigenvalue weighted by Gasteiger charge is 2.35. The Bertz CT molecular complexity index is 399. The van der Waals surface area contributed by atoms with Crippen LogP contribution in [0.15, 0.2) is 0 Å². The van der Waals surface area contributed by atoms with E-state index in [0.29, 0.717) is 12.8 Å². The van der Waals surface area contributed by atoms with Crippen molar-refractivity contribution in [3.05, 3.63) is 0 Å². The molecule has 1 aliphatic rings. The van der Waals surface area contributed by atoms with E-state index >= 15 is 0 Å². The minimum absolute atomic E-state index is 0.0199. The summed E-state index contributed by atoms with van der Waals surface area (Å²) in [5, 5.41) is 9.05. The van der Waals surface area contributed by atoms with Crippen LogP contribution >= 0.6 is 11.8 Å². The van der Waals surface area contributed by atoms with E-state index < -0.39 is 15.9 Å². The smallest absolute Gasteiger partial charge is 0.239 e. The van der Waals surface area contributed by atoms with Gasteiger partial charge in [-0.05, 0) is 24.9 Å². The first-order chi connectivity index (χ1) is 8.91. The fourth-order valence-corrected chi connectivity index (χ4v) is 4.40. The van der Waals surface area contributed by atoms with Gasteiger partial charge < -0.3 is 15.7 Å². The maximum atomic E-state index is 12.2. The van der Waals surface area contributed by atoms with E-state index in [1.165, 1.54) is 4.90 Å². The molecule has 112 valence electrons. The van der Waals surface area contributed by atoms with Gasteiger partial charge in [-0.3, -0.25) is 4.79 Å². The summed E-state index contributed by atoms with van der Waals surface area (Å²) >= 11 is 1.61. The summed E-state index contributed by atoms with van der Waals surface area (Å²) in [6.45, 7) is -0.0382. The predicted octanol–water partition coefficient (Wildman–Crippen LogP) is -0.925.